The summed E-state index contributed by atoms with van der Waals surface area (Å²) in [4.78, 5) is 23.0. The smallest absolute Gasteiger partial charge is 0.316 e. The maximum absolute atomic E-state index is 12.6. The van der Waals surface area contributed by atoms with E-state index in [1.165, 1.54) is 6.42 Å². The molecule has 2 aromatic rings. The Morgan fingerprint density at radius 1 is 1.40 bits per heavy atom. The van der Waals surface area contributed by atoms with Crippen molar-refractivity contribution in [3.8, 4) is 6.01 Å². The molecule has 2 unspecified atom stereocenters. The summed E-state index contributed by atoms with van der Waals surface area (Å²) >= 11 is 0. The van der Waals surface area contributed by atoms with Gasteiger partial charge in [0.05, 0.1) is 6.61 Å². The summed E-state index contributed by atoms with van der Waals surface area (Å²) in [5, 5.41) is 4.13. The number of ether oxygens (including phenoxy) is 1. The van der Waals surface area contributed by atoms with Crippen molar-refractivity contribution < 1.29 is 9.53 Å². The molecule has 2 aromatic heterocycles. The van der Waals surface area contributed by atoms with Crippen LogP contribution in [0.2, 0.25) is 0 Å². The highest BCUT2D eigenvalue weighted by Crippen LogP contribution is 2.48. The number of carbonyl (C=O) groups is 1. The fourth-order valence-electron chi connectivity index (χ4n) is 4.14. The lowest BCUT2D eigenvalue weighted by molar-refractivity contribution is -0.131. The number of rotatable bonds is 5. The Labute approximate surface area is 147 Å². The van der Waals surface area contributed by atoms with Crippen molar-refractivity contribution in [2.24, 2.45) is 11.3 Å². The molecule has 2 atom stereocenters. The molecular weight excluding hydrogens is 318 g/mol. The number of hydrogen-bond acceptors (Lipinski definition) is 5. The van der Waals surface area contributed by atoms with Crippen LogP contribution in [0.15, 0.2) is 30.9 Å². The van der Waals surface area contributed by atoms with E-state index in [0.29, 0.717) is 25.1 Å². The maximum atomic E-state index is 12.6. The molecule has 1 saturated heterocycles. The number of fused-ring (bicyclic) bond motifs is 1. The van der Waals surface area contributed by atoms with Crippen molar-refractivity contribution >= 4 is 5.91 Å². The lowest BCUT2D eigenvalue weighted by atomic mass is 9.82. The largest absolute Gasteiger partial charge is 0.463 e. The summed E-state index contributed by atoms with van der Waals surface area (Å²) in [5.74, 6) is 0.628. The molecule has 1 amide bonds. The molecule has 1 saturated carbocycles. The van der Waals surface area contributed by atoms with Crippen LogP contribution in [0.3, 0.4) is 0 Å². The highest BCUT2D eigenvalue weighted by atomic mass is 16.5. The molecule has 1 aliphatic carbocycles. The molecule has 2 fully saturated rings. The predicted octanol–water partition coefficient (Wildman–Crippen LogP) is 1.69. The number of likely N-dealkylation sites (tertiary alicyclic amines) is 1. The lowest BCUT2D eigenvalue weighted by Gasteiger charge is -2.28. The summed E-state index contributed by atoms with van der Waals surface area (Å²) in [6.45, 7) is 4.40. The van der Waals surface area contributed by atoms with Crippen molar-refractivity contribution in [2.75, 3.05) is 19.7 Å². The van der Waals surface area contributed by atoms with E-state index in [9.17, 15) is 4.79 Å². The number of carbonyl (C=O) groups excluding carboxylic acids is 1. The zero-order chi connectivity index (χ0) is 17.3. The first kappa shape index (κ1) is 16.1. The Kier molecular flexibility index (Phi) is 4.15. The lowest BCUT2D eigenvalue weighted by Crippen LogP contribution is -2.37. The van der Waals surface area contributed by atoms with E-state index in [4.69, 9.17) is 4.74 Å². The minimum absolute atomic E-state index is 0.0357. The van der Waals surface area contributed by atoms with E-state index in [1.54, 1.807) is 23.3 Å². The molecule has 0 bridgehead atoms. The summed E-state index contributed by atoms with van der Waals surface area (Å²) in [7, 11) is 0. The van der Waals surface area contributed by atoms with E-state index < -0.39 is 0 Å². The van der Waals surface area contributed by atoms with Gasteiger partial charge in [-0.15, -0.1) is 0 Å². The van der Waals surface area contributed by atoms with Crippen LogP contribution in [0.5, 0.6) is 6.01 Å². The van der Waals surface area contributed by atoms with E-state index in [1.807, 2.05) is 24.1 Å². The molecule has 0 aromatic carbocycles. The van der Waals surface area contributed by atoms with Gasteiger partial charge in [0.15, 0.2) is 0 Å². The molecule has 0 spiro atoms. The Balaban J connectivity index is 1.41. The Morgan fingerprint density at radius 2 is 2.24 bits per heavy atom. The molecule has 4 rings (SSSR count). The second-order valence-corrected chi connectivity index (χ2v) is 7.26. The second kappa shape index (κ2) is 6.46. The third kappa shape index (κ3) is 3.23. The predicted molar refractivity (Wildman–Crippen MR) is 90.8 cm³/mol. The monoisotopic (exact) mass is 341 g/mol. The Morgan fingerprint density at radius 3 is 3.00 bits per heavy atom. The van der Waals surface area contributed by atoms with E-state index in [0.717, 1.165) is 31.5 Å². The molecule has 3 heterocycles. The molecule has 7 nitrogen and oxygen atoms in total. The third-order valence-corrected chi connectivity index (χ3v) is 5.49. The van der Waals surface area contributed by atoms with Crippen molar-refractivity contribution in [1.29, 1.82) is 0 Å². The van der Waals surface area contributed by atoms with Gasteiger partial charge in [-0.1, -0.05) is 6.42 Å². The number of aromatic nitrogens is 4. The molecular formula is C18H23N5O2. The first-order valence-electron chi connectivity index (χ1n) is 8.81. The van der Waals surface area contributed by atoms with Gasteiger partial charge in [-0.3, -0.25) is 9.48 Å². The molecule has 132 valence electrons. The van der Waals surface area contributed by atoms with Crippen molar-refractivity contribution in [1.82, 2.24) is 24.6 Å². The van der Waals surface area contributed by atoms with Crippen LogP contribution in [0.1, 0.15) is 24.8 Å². The minimum atomic E-state index is 0.0357. The maximum Gasteiger partial charge on any atom is 0.316 e. The average Bonchev–Trinajstić information content (AvgIpc) is 3.30. The van der Waals surface area contributed by atoms with Gasteiger partial charge in [0.1, 0.15) is 6.54 Å². The van der Waals surface area contributed by atoms with Gasteiger partial charge in [-0.2, -0.15) is 5.10 Å². The van der Waals surface area contributed by atoms with Crippen LogP contribution < -0.4 is 4.74 Å². The quantitative estimate of drug-likeness (QED) is 0.827. The first-order chi connectivity index (χ1) is 12.1. The standard InChI is InChI=1S/C18H23N5O2/c1-14-8-19-17(20-9-14)25-13-18-5-2-4-15(18)10-22(12-18)16(24)11-23-7-3-6-21-23/h3,6-9,15H,2,4-5,10-13H2,1H3. The fourth-order valence-corrected chi connectivity index (χ4v) is 4.14. The number of nitrogens with zero attached hydrogens (tertiary/aromatic N) is 5. The van der Waals surface area contributed by atoms with Gasteiger partial charge in [0.2, 0.25) is 5.91 Å². The molecule has 7 heteroatoms. The van der Waals surface area contributed by atoms with Crippen LogP contribution in [0.25, 0.3) is 0 Å². The van der Waals surface area contributed by atoms with Gasteiger partial charge in [-0.05, 0) is 37.3 Å². The Bertz CT molecular complexity index is 730. The molecule has 25 heavy (non-hydrogen) atoms. The molecule has 1 aliphatic heterocycles. The Hall–Kier alpha value is -2.44. The van der Waals surface area contributed by atoms with Gasteiger partial charge < -0.3 is 9.64 Å². The van der Waals surface area contributed by atoms with Gasteiger partial charge >= 0.3 is 6.01 Å². The van der Waals surface area contributed by atoms with E-state index in [-0.39, 0.29) is 11.3 Å². The van der Waals surface area contributed by atoms with Crippen LogP contribution in [-0.2, 0) is 11.3 Å². The van der Waals surface area contributed by atoms with E-state index >= 15 is 0 Å². The van der Waals surface area contributed by atoms with Crippen LogP contribution in [0, 0.1) is 18.3 Å². The highest BCUT2D eigenvalue weighted by Gasteiger charge is 2.51. The molecule has 2 aliphatic rings. The zero-order valence-electron chi connectivity index (χ0n) is 14.5. The average molecular weight is 341 g/mol. The summed E-state index contributed by atoms with van der Waals surface area (Å²) < 4.78 is 7.59. The topological polar surface area (TPSA) is 73.1 Å². The van der Waals surface area contributed by atoms with Crippen molar-refractivity contribution in [2.45, 2.75) is 32.7 Å². The normalized spacial score (nSPS) is 25.2. The van der Waals surface area contributed by atoms with E-state index in [2.05, 4.69) is 15.1 Å². The molecule has 0 radical (unpaired) electrons. The van der Waals surface area contributed by atoms with Crippen LogP contribution >= 0.6 is 0 Å². The molecule has 0 N–H and O–H groups in total. The van der Waals surface area contributed by atoms with Crippen LogP contribution in [-0.4, -0.2) is 50.3 Å². The van der Waals surface area contributed by atoms with Gasteiger partial charge in [0.25, 0.3) is 0 Å². The zero-order valence-corrected chi connectivity index (χ0v) is 14.5. The van der Waals surface area contributed by atoms with Crippen molar-refractivity contribution in [3.63, 3.8) is 0 Å². The second-order valence-electron chi connectivity index (χ2n) is 7.26. The summed E-state index contributed by atoms with van der Waals surface area (Å²) in [5.41, 5.74) is 1.05. The number of amides is 1. The number of hydrogen-bond donors (Lipinski definition) is 0. The summed E-state index contributed by atoms with van der Waals surface area (Å²) in [6.07, 6.45) is 10.5. The first-order valence-corrected chi connectivity index (χ1v) is 8.81. The summed E-state index contributed by atoms with van der Waals surface area (Å²) in [6, 6.07) is 2.26. The fraction of sp³-hybridized carbons (Fsp3) is 0.556. The van der Waals surface area contributed by atoms with Gasteiger partial charge in [0, 0.05) is 43.3 Å². The minimum Gasteiger partial charge on any atom is -0.463 e. The van der Waals surface area contributed by atoms with Gasteiger partial charge in [-0.25, -0.2) is 9.97 Å². The highest BCUT2D eigenvalue weighted by molar-refractivity contribution is 5.76. The number of aryl methyl sites for hydroxylation is 1. The third-order valence-electron chi connectivity index (χ3n) is 5.49. The van der Waals surface area contributed by atoms with Crippen LogP contribution in [0.4, 0.5) is 0 Å². The van der Waals surface area contributed by atoms with Crippen molar-refractivity contribution in [3.05, 3.63) is 36.4 Å². The SMILES string of the molecule is Cc1cnc(OCC23CCCC2CN(C(=O)Cn2cccn2)C3)nc1.